The molecule has 0 amide bonds. The Balaban J connectivity index is 1.60. The lowest BCUT2D eigenvalue weighted by Gasteiger charge is -2.61. The summed E-state index contributed by atoms with van der Waals surface area (Å²) in [5.74, 6) is 3.12. The minimum Gasteiger partial charge on any atom is -0.353 e. The van der Waals surface area contributed by atoms with Gasteiger partial charge in [-0.15, -0.1) is 0 Å². The number of hydrogen-bond donors (Lipinski definition) is 0. The van der Waals surface area contributed by atoms with Gasteiger partial charge >= 0.3 is 0 Å². The average Bonchev–Trinajstić information content (AvgIpc) is 2.90. The van der Waals surface area contributed by atoms with Crippen molar-refractivity contribution in [2.45, 2.75) is 77.4 Å². The Morgan fingerprint density at radius 1 is 0.917 bits per heavy atom. The molecular weight excluding hydrogens is 300 g/mol. The Bertz CT molecular complexity index is 525. The van der Waals surface area contributed by atoms with E-state index in [-0.39, 0.29) is 11.2 Å². The Morgan fingerprint density at radius 3 is 2.38 bits per heavy atom. The number of rotatable bonds is 2. The molecule has 0 aromatic heterocycles. The Labute approximate surface area is 146 Å². The van der Waals surface area contributed by atoms with E-state index in [1.807, 2.05) is 0 Å². The average molecular weight is 335 g/mol. The lowest BCUT2D eigenvalue weighted by molar-refractivity contribution is -0.261. The SMILES string of the molecule is COC1(OC)CC[C@@]2(C)C(CCC3C2CC[C@]2(C)C(=O)CCC32)C1. The maximum absolute atomic E-state index is 12.5. The molecule has 24 heavy (non-hydrogen) atoms. The predicted octanol–water partition coefficient (Wildman–Crippen LogP) is 4.59. The van der Waals surface area contributed by atoms with Crippen molar-refractivity contribution in [2.24, 2.45) is 34.5 Å². The fourth-order valence-corrected chi connectivity index (χ4v) is 7.42. The van der Waals surface area contributed by atoms with E-state index in [2.05, 4.69) is 13.8 Å². The second-order valence-corrected chi connectivity index (χ2v) is 9.60. The molecule has 4 unspecified atom stereocenters. The molecule has 0 bridgehead atoms. The molecule has 4 rings (SSSR count). The number of carbonyl (C=O) groups is 1. The molecule has 0 aromatic carbocycles. The topological polar surface area (TPSA) is 35.5 Å². The molecular formula is C21H34O3. The van der Waals surface area contributed by atoms with Crippen molar-refractivity contribution in [1.29, 1.82) is 0 Å². The molecule has 4 aliphatic carbocycles. The van der Waals surface area contributed by atoms with Crippen LogP contribution in [0, 0.1) is 34.5 Å². The maximum atomic E-state index is 12.5. The molecule has 0 saturated heterocycles. The summed E-state index contributed by atoms with van der Waals surface area (Å²) in [6, 6.07) is 0. The highest BCUT2D eigenvalue weighted by atomic mass is 16.7. The van der Waals surface area contributed by atoms with E-state index in [9.17, 15) is 4.79 Å². The largest absolute Gasteiger partial charge is 0.353 e. The number of ether oxygens (including phenoxy) is 2. The smallest absolute Gasteiger partial charge is 0.167 e. The van der Waals surface area contributed by atoms with Gasteiger partial charge in [-0.2, -0.15) is 0 Å². The second-order valence-electron chi connectivity index (χ2n) is 9.60. The zero-order valence-electron chi connectivity index (χ0n) is 15.9. The zero-order valence-corrected chi connectivity index (χ0v) is 15.9. The highest BCUT2D eigenvalue weighted by Crippen LogP contribution is 2.66. The van der Waals surface area contributed by atoms with Gasteiger partial charge < -0.3 is 9.47 Å². The van der Waals surface area contributed by atoms with Crippen LogP contribution in [-0.2, 0) is 14.3 Å². The zero-order chi connectivity index (χ0) is 17.2. The van der Waals surface area contributed by atoms with Gasteiger partial charge in [0.05, 0.1) is 0 Å². The monoisotopic (exact) mass is 334 g/mol. The maximum Gasteiger partial charge on any atom is 0.167 e. The van der Waals surface area contributed by atoms with Crippen LogP contribution in [0.25, 0.3) is 0 Å². The summed E-state index contributed by atoms with van der Waals surface area (Å²) in [6.45, 7) is 4.82. The minimum atomic E-state index is -0.358. The minimum absolute atomic E-state index is 0.00183. The second kappa shape index (κ2) is 5.54. The number of hydrogen-bond acceptors (Lipinski definition) is 3. The summed E-state index contributed by atoms with van der Waals surface area (Å²) in [5, 5.41) is 0. The third-order valence-electron chi connectivity index (χ3n) is 9.12. The molecule has 6 atom stereocenters. The molecule has 4 saturated carbocycles. The van der Waals surface area contributed by atoms with Gasteiger partial charge in [-0.25, -0.2) is 0 Å². The first-order valence-corrected chi connectivity index (χ1v) is 10.0. The Kier molecular flexibility index (Phi) is 3.93. The quantitative estimate of drug-likeness (QED) is 0.693. The highest BCUT2D eigenvalue weighted by Gasteiger charge is 2.61. The normalized spacial score (nSPS) is 50.1. The van der Waals surface area contributed by atoms with Crippen LogP contribution in [-0.4, -0.2) is 25.8 Å². The number of Topliss-reactive ketones (excluding diaryl/α,β-unsaturated/α-hetero) is 1. The van der Waals surface area contributed by atoms with Crippen LogP contribution in [0.5, 0.6) is 0 Å². The van der Waals surface area contributed by atoms with E-state index in [4.69, 9.17) is 9.47 Å². The highest BCUT2D eigenvalue weighted by molar-refractivity contribution is 5.87. The fraction of sp³-hybridized carbons (Fsp3) is 0.952. The third kappa shape index (κ3) is 2.13. The Morgan fingerprint density at radius 2 is 1.67 bits per heavy atom. The Hall–Kier alpha value is -0.410. The van der Waals surface area contributed by atoms with Crippen molar-refractivity contribution in [3.63, 3.8) is 0 Å². The number of ketones is 1. The lowest BCUT2D eigenvalue weighted by atomic mass is 9.45. The number of fused-ring (bicyclic) bond motifs is 5. The van der Waals surface area contributed by atoms with Gasteiger partial charge in [0.1, 0.15) is 5.78 Å². The van der Waals surface area contributed by atoms with Gasteiger partial charge in [-0.1, -0.05) is 13.8 Å². The standard InChI is InChI=1S/C21H34O3/c1-19-11-12-21(23-3,24-4)13-14(19)5-6-15-16-7-8-18(22)20(16,2)10-9-17(15)19/h14-17H,5-13H2,1-4H3/t14?,15?,16?,17?,19-,20-/m0/s1. The summed E-state index contributed by atoms with van der Waals surface area (Å²) >= 11 is 0. The number of carbonyl (C=O) groups excluding carboxylic acids is 1. The van der Waals surface area contributed by atoms with Crippen LogP contribution in [0.15, 0.2) is 0 Å². The van der Waals surface area contributed by atoms with E-state index in [1.165, 1.54) is 25.7 Å². The first kappa shape index (κ1) is 17.0. The van der Waals surface area contributed by atoms with Gasteiger partial charge in [0.25, 0.3) is 0 Å². The van der Waals surface area contributed by atoms with Crippen LogP contribution in [0.1, 0.15) is 71.6 Å². The summed E-state index contributed by atoms with van der Waals surface area (Å²) < 4.78 is 11.6. The molecule has 0 N–H and O–H groups in total. The van der Waals surface area contributed by atoms with E-state index in [0.717, 1.165) is 43.9 Å². The van der Waals surface area contributed by atoms with Gasteiger partial charge in [0.15, 0.2) is 5.79 Å². The fourth-order valence-electron chi connectivity index (χ4n) is 7.42. The van der Waals surface area contributed by atoms with Gasteiger partial charge in [0.2, 0.25) is 0 Å². The molecule has 0 radical (unpaired) electrons. The van der Waals surface area contributed by atoms with Gasteiger partial charge in [0, 0.05) is 38.9 Å². The predicted molar refractivity (Wildman–Crippen MR) is 93.5 cm³/mol. The molecule has 0 heterocycles. The summed E-state index contributed by atoms with van der Waals surface area (Å²) in [7, 11) is 3.60. The molecule has 3 nitrogen and oxygen atoms in total. The van der Waals surface area contributed by atoms with E-state index < -0.39 is 0 Å². The van der Waals surface area contributed by atoms with Crippen molar-refractivity contribution in [3.8, 4) is 0 Å². The van der Waals surface area contributed by atoms with Gasteiger partial charge in [-0.3, -0.25) is 4.79 Å². The summed E-state index contributed by atoms with van der Waals surface area (Å²) in [4.78, 5) is 12.5. The summed E-state index contributed by atoms with van der Waals surface area (Å²) in [6.07, 6.45) is 10.2. The molecule has 136 valence electrons. The van der Waals surface area contributed by atoms with Crippen molar-refractivity contribution >= 4 is 5.78 Å². The molecule has 0 spiro atoms. The molecule has 4 fully saturated rings. The first-order valence-electron chi connectivity index (χ1n) is 10.0. The van der Waals surface area contributed by atoms with Crippen molar-refractivity contribution in [1.82, 2.24) is 0 Å². The van der Waals surface area contributed by atoms with Crippen LogP contribution < -0.4 is 0 Å². The number of methoxy groups -OCH3 is 2. The van der Waals surface area contributed by atoms with E-state index >= 15 is 0 Å². The summed E-state index contributed by atoms with van der Waals surface area (Å²) in [5.41, 5.74) is 0.415. The molecule has 0 aromatic rings. The van der Waals surface area contributed by atoms with Crippen LogP contribution in [0.2, 0.25) is 0 Å². The van der Waals surface area contributed by atoms with Crippen molar-refractivity contribution < 1.29 is 14.3 Å². The van der Waals surface area contributed by atoms with Crippen molar-refractivity contribution in [2.75, 3.05) is 14.2 Å². The van der Waals surface area contributed by atoms with Gasteiger partial charge in [-0.05, 0) is 67.6 Å². The lowest BCUT2D eigenvalue weighted by Crippen LogP contribution is -2.56. The van der Waals surface area contributed by atoms with Crippen LogP contribution in [0.3, 0.4) is 0 Å². The molecule has 4 aliphatic rings. The van der Waals surface area contributed by atoms with E-state index in [1.54, 1.807) is 14.2 Å². The molecule has 3 heteroatoms. The first-order chi connectivity index (χ1) is 11.4. The molecule has 0 aliphatic heterocycles. The third-order valence-corrected chi connectivity index (χ3v) is 9.12. The van der Waals surface area contributed by atoms with E-state index in [0.29, 0.717) is 23.0 Å². The van der Waals surface area contributed by atoms with Crippen LogP contribution >= 0.6 is 0 Å². The van der Waals surface area contributed by atoms with Crippen LogP contribution in [0.4, 0.5) is 0 Å². The van der Waals surface area contributed by atoms with Crippen molar-refractivity contribution in [3.05, 3.63) is 0 Å².